The van der Waals surface area contributed by atoms with Gasteiger partial charge in [0.1, 0.15) is 12.4 Å². The molecule has 0 saturated carbocycles. The minimum atomic E-state index is -0.539. The average Bonchev–Trinajstić information content (AvgIpc) is 3.37. The molecule has 0 radical (unpaired) electrons. The van der Waals surface area contributed by atoms with Crippen molar-refractivity contribution in [3.05, 3.63) is 29.8 Å². The first-order valence-electron chi connectivity index (χ1n) is 9.10. The molecule has 2 aliphatic heterocycles. The van der Waals surface area contributed by atoms with Crippen molar-refractivity contribution in [1.82, 2.24) is 5.32 Å². The van der Waals surface area contributed by atoms with Crippen molar-refractivity contribution in [3.8, 4) is 5.75 Å². The van der Waals surface area contributed by atoms with E-state index in [1.807, 2.05) is 0 Å². The summed E-state index contributed by atoms with van der Waals surface area (Å²) in [5.74, 6) is -0.195. The van der Waals surface area contributed by atoms with Gasteiger partial charge in [-0.25, -0.2) is 4.79 Å². The number of esters is 1. The van der Waals surface area contributed by atoms with Crippen LogP contribution in [0.2, 0.25) is 0 Å². The Kier molecular flexibility index (Phi) is 6.85. The molecule has 2 aliphatic rings. The number of nitrogens with one attached hydrogen (secondary N) is 1. The Balaban J connectivity index is 1.36. The van der Waals surface area contributed by atoms with Crippen LogP contribution in [0, 0.1) is 0 Å². The zero-order chi connectivity index (χ0) is 18.2. The second-order valence-corrected chi connectivity index (χ2v) is 6.49. The summed E-state index contributed by atoms with van der Waals surface area (Å²) in [5, 5.41) is 2.71. The van der Waals surface area contributed by atoms with Crippen molar-refractivity contribution in [1.29, 1.82) is 0 Å². The zero-order valence-corrected chi connectivity index (χ0v) is 14.8. The summed E-state index contributed by atoms with van der Waals surface area (Å²) in [6.45, 7) is 2.19. The predicted octanol–water partition coefficient (Wildman–Crippen LogP) is 1.70. The van der Waals surface area contributed by atoms with Gasteiger partial charge in [0.25, 0.3) is 5.91 Å². The maximum absolute atomic E-state index is 12.0. The first-order valence-corrected chi connectivity index (χ1v) is 9.10. The quantitative estimate of drug-likeness (QED) is 0.708. The van der Waals surface area contributed by atoms with Crippen molar-refractivity contribution in [2.75, 3.05) is 33.0 Å². The van der Waals surface area contributed by atoms with Crippen molar-refractivity contribution in [2.24, 2.45) is 0 Å². The number of benzene rings is 1. The number of hydrogen-bond acceptors (Lipinski definition) is 6. The van der Waals surface area contributed by atoms with Gasteiger partial charge in [-0.1, -0.05) is 0 Å². The smallest absolute Gasteiger partial charge is 0.338 e. The fourth-order valence-electron chi connectivity index (χ4n) is 2.95. The molecule has 0 bridgehead atoms. The van der Waals surface area contributed by atoms with Gasteiger partial charge in [-0.3, -0.25) is 4.79 Å². The maximum atomic E-state index is 12.0. The molecule has 0 unspecified atom stereocenters. The normalized spacial score (nSPS) is 22.2. The molecule has 2 fully saturated rings. The molecule has 7 nitrogen and oxygen atoms in total. The van der Waals surface area contributed by atoms with Crippen LogP contribution in [0.5, 0.6) is 5.75 Å². The average molecular weight is 363 g/mol. The SMILES string of the molecule is O=C(COC(=O)c1ccc(OC[C@@H]2CCCO2)cc1)NC[C@@H]1CCCO1. The lowest BCUT2D eigenvalue weighted by atomic mass is 10.2. The summed E-state index contributed by atoms with van der Waals surface area (Å²) in [6, 6.07) is 6.67. The van der Waals surface area contributed by atoms with Gasteiger partial charge in [0.2, 0.25) is 0 Å². The molecule has 2 atom stereocenters. The Morgan fingerprint density at radius 2 is 1.73 bits per heavy atom. The van der Waals surface area contributed by atoms with Crippen LogP contribution in [0.25, 0.3) is 0 Å². The molecule has 1 aromatic carbocycles. The van der Waals surface area contributed by atoms with Gasteiger partial charge in [-0.05, 0) is 49.9 Å². The largest absolute Gasteiger partial charge is 0.491 e. The second kappa shape index (κ2) is 9.54. The van der Waals surface area contributed by atoms with Crippen molar-refractivity contribution < 1.29 is 28.5 Å². The molecule has 1 aromatic rings. The van der Waals surface area contributed by atoms with E-state index in [1.165, 1.54) is 0 Å². The van der Waals surface area contributed by atoms with Crippen molar-refractivity contribution >= 4 is 11.9 Å². The lowest BCUT2D eigenvalue weighted by Gasteiger charge is -2.12. The topological polar surface area (TPSA) is 83.1 Å². The van der Waals surface area contributed by atoms with E-state index in [2.05, 4.69) is 5.32 Å². The molecule has 1 N–H and O–H groups in total. The molecule has 2 saturated heterocycles. The van der Waals surface area contributed by atoms with Gasteiger partial charge in [0.15, 0.2) is 6.61 Å². The number of hydrogen-bond donors (Lipinski definition) is 1. The summed E-state index contributed by atoms with van der Waals surface area (Å²) in [4.78, 5) is 23.7. The lowest BCUT2D eigenvalue weighted by molar-refractivity contribution is -0.124. The van der Waals surface area contributed by atoms with Gasteiger partial charge < -0.3 is 24.3 Å². The van der Waals surface area contributed by atoms with Crippen LogP contribution in [0.1, 0.15) is 36.0 Å². The van der Waals surface area contributed by atoms with E-state index in [0.717, 1.165) is 38.9 Å². The molecule has 3 rings (SSSR count). The molecule has 142 valence electrons. The number of rotatable bonds is 8. The third-order valence-corrected chi connectivity index (χ3v) is 4.44. The minimum Gasteiger partial charge on any atom is -0.491 e. The predicted molar refractivity (Wildman–Crippen MR) is 93.2 cm³/mol. The van der Waals surface area contributed by atoms with Gasteiger partial charge in [-0.15, -0.1) is 0 Å². The van der Waals surface area contributed by atoms with Crippen LogP contribution < -0.4 is 10.1 Å². The molecule has 2 heterocycles. The Morgan fingerprint density at radius 1 is 1.04 bits per heavy atom. The van der Waals surface area contributed by atoms with Gasteiger partial charge >= 0.3 is 5.97 Å². The van der Waals surface area contributed by atoms with Crippen molar-refractivity contribution in [3.63, 3.8) is 0 Å². The molecule has 1 amide bonds. The fourth-order valence-corrected chi connectivity index (χ4v) is 2.95. The highest BCUT2D eigenvalue weighted by molar-refractivity contribution is 5.91. The Morgan fingerprint density at radius 3 is 2.38 bits per heavy atom. The van der Waals surface area contributed by atoms with Crippen LogP contribution >= 0.6 is 0 Å². The third kappa shape index (κ3) is 5.71. The van der Waals surface area contributed by atoms with E-state index >= 15 is 0 Å². The molecule has 0 aromatic heterocycles. The number of carbonyl (C=O) groups is 2. The number of amides is 1. The van der Waals surface area contributed by atoms with E-state index in [1.54, 1.807) is 24.3 Å². The Hall–Kier alpha value is -2.12. The van der Waals surface area contributed by atoms with Crippen LogP contribution in [0.3, 0.4) is 0 Å². The first kappa shape index (κ1) is 18.7. The van der Waals surface area contributed by atoms with Gasteiger partial charge in [0, 0.05) is 19.8 Å². The van der Waals surface area contributed by atoms with Crippen LogP contribution in [0.4, 0.5) is 0 Å². The fraction of sp³-hybridized carbons (Fsp3) is 0.579. The highest BCUT2D eigenvalue weighted by Gasteiger charge is 2.18. The first-order chi connectivity index (χ1) is 12.7. The monoisotopic (exact) mass is 363 g/mol. The molecule has 0 spiro atoms. The maximum Gasteiger partial charge on any atom is 0.338 e. The summed E-state index contributed by atoms with van der Waals surface area (Å²) in [6.07, 6.45) is 4.26. The van der Waals surface area contributed by atoms with Crippen LogP contribution in [-0.2, 0) is 19.0 Å². The molecule has 26 heavy (non-hydrogen) atoms. The highest BCUT2D eigenvalue weighted by atomic mass is 16.5. The van der Waals surface area contributed by atoms with E-state index in [-0.39, 0.29) is 24.7 Å². The van der Waals surface area contributed by atoms with Gasteiger partial charge in [0.05, 0.1) is 17.8 Å². The molecule has 0 aliphatic carbocycles. The lowest BCUT2D eigenvalue weighted by Crippen LogP contribution is -2.34. The standard InChI is InChI=1S/C19H25NO6/c21-18(20-11-16-3-1-9-23-16)13-26-19(22)14-5-7-15(8-6-14)25-12-17-4-2-10-24-17/h5-8,16-17H,1-4,9-13H2,(H,20,21)/t16-,17-/m0/s1. The van der Waals surface area contributed by atoms with Gasteiger partial charge in [-0.2, -0.15) is 0 Å². The summed E-state index contributed by atoms with van der Waals surface area (Å²) < 4.78 is 21.6. The second-order valence-electron chi connectivity index (χ2n) is 6.49. The van der Waals surface area contributed by atoms with Crippen molar-refractivity contribution in [2.45, 2.75) is 37.9 Å². The highest BCUT2D eigenvalue weighted by Crippen LogP contribution is 2.17. The van der Waals surface area contributed by atoms with Crippen LogP contribution in [0.15, 0.2) is 24.3 Å². The Labute approximate surface area is 152 Å². The summed E-state index contributed by atoms with van der Waals surface area (Å²) >= 11 is 0. The van der Waals surface area contributed by atoms with Crippen LogP contribution in [-0.4, -0.2) is 57.1 Å². The van der Waals surface area contributed by atoms with E-state index < -0.39 is 5.97 Å². The van der Waals surface area contributed by atoms with E-state index in [4.69, 9.17) is 18.9 Å². The molecular weight excluding hydrogens is 338 g/mol. The third-order valence-electron chi connectivity index (χ3n) is 4.44. The molecular formula is C19H25NO6. The Bertz CT molecular complexity index is 591. The summed E-state index contributed by atoms with van der Waals surface area (Å²) in [7, 11) is 0. The zero-order valence-electron chi connectivity index (χ0n) is 14.8. The van der Waals surface area contributed by atoms with E-state index in [9.17, 15) is 9.59 Å². The van der Waals surface area contributed by atoms with E-state index in [0.29, 0.717) is 24.5 Å². The molecule has 7 heteroatoms. The minimum absolute atomic E-state index is 0.0665. The summed E-state index contributed by atoms with van der Waals surface area (Å²) in [5.41, 5.74) is 0.376. The number of ether oxygens (including phenoxy) is 4. The number of carbonyl (C=O) groups excluding carboxylic acids is 2.